The summed E-state index contributed by atoms with van der Waals surface area (Å²) in [6.45, 7) is 1.63. The molecule has 0 aliphatic heterocycles. The molecule has 0 bridgehead atoms. The van der Waals surface area contributed by atoms with Gasteiger partial charge in [-0.2, -0.15) is 5.23 Å². The third-order valence-corrected chi connectivity index (χ3v) is 2.39. The second-order valence-electron chi connectivity index (χ2n) is 2.93. The Bertz CT molecular complexity index is 392. The molecule has 1 atom stereocenters. The fourth-order valence-corrected chi connectivity index (χ4v) is 1.34. The Morgan fingerprint density at radius 2 is 2.20 bits per heavy atom. The Kier molecular flexibility index (Phi) is 3.65. The van der Waals surface area contributed by atoms with Crippen molar-refractivity contribution in [3.63, 3.8) is 0 Å². The third kappa shape index (κ3) is 2.45. The summed E-state index contributed by atoms with van der Waals surface area (Å²) in [5.74, 6) is -0.600. The van der Waals surface area contributed by atoms with Crippen LogP contribution in [0.4, 0.5) is 5.69 Å². The minimum Gasteiger partial charge on any atom is -0.595 e. The number of carbonyl (C=O) groups excluding carboxylic acids is 1. The van der Waals surface area contributed by atoms with E-state index in [0.29, 0.717) is 5.56 Å². The predicted molar refractivity (Wildman–Crippen MR) is 53.3 cm³/mol. The highest BCUT2D eigenvalue weighted by Gasteiger charge is 2.15. The zero-order valence-corrected chi connectivity index (χ0v) is 8.96. The van der Waals surface area contributed by atoms with Gasteiger partial charge in [0.15, 0.2) is 5.69 Å². The summed E-state index contributed by atoms with van der Waals surface area (Å²) >= 11 is 5.79. The molecule has 0 fully saturated rings. The van der Waals surface area contributed by atoms with Crippen molar-refractivity contribution in [3.05, 3.63) is 33.5 Å². The molecule has 2 N–H and O–H groups in total. The number of ether oxygens (including phenoxy) is 1. The molecular weight excluding hydrogens is 222 g/mol. The summed E-state index contributed by atoms with van der Waals surface area (Å²) < 4.78 is 4.52. The Hall–Kier alpha value is -1.14. The maximum atomic E-state index is 11.3. The SMILES string of the molecule is COC(=O)c1cc([NH+]([O-])O)cc(Cl)c1C. The van der Waals surface area contributed by atoms with Crippen LogP contribution in [0.1, 0.15) is 15.9 Å². The van der Waals surface area contributed by atoms with Crippen LogP contribution in [0.3, 0.4) is 0 Å². The van der Waals surface area contributed by atoms with E-state index in [9.17, 15) is 10.0 Å². The van der Waals surface area contributed by atoms with Crippen LogP contribution >= 0.6 is 11.6 Å². The molecule has 15 heavy (non-hydrogen) atoms. The highest BCUT2D eigenvalue weighted by atomic mass is 35.5. The smallest absolute Gasteiger partial charge is 0.338 e. The van der Waals surface area contributed by atoms with E-state index < -0.39 is 11.2 Å². The normalized spacial score (nSPS) is 12.3. The first kappa shape index (κ1) is 11.9. The fraction of sp³-hybridized carbons (Fsp3) is 0.222. The lowest BCUT2D eigenvalue weighted by atomic mass is 10.1. The number of rotatable bonds is 2. The van der Waals surface area contributed by atoms with Crippen molar-refractivity contribution in [1.29, 1.82) is 0 Å². The van der Waals surface area contributed by atoms with Crippen molar-refractivity contribution in [2.24, 2.45) is 0 Å². The van der Waals surface area contributed by atoms with E-state index in [2.05, 4.69) is 4.74 Å². The van der Waals surface area contributed by atoms with Gasteiger partial charge in [-0.1, -0.05) is 11.6 Å². The molecule has 1 aromatic rings. The highest BCUT2D eigenvalue weighted by molar-refractivity contribution is 6.32. The molecule has 0 aliphatic carbocycles. The molecule has 0 heterocycles. The number of hydrogen-bond acceptors (Lipinski definition) is 4. The minimum atomic E-state index is -1.14. The van der Waals surface area contributed by atoms with Gasteiger partial charge in [-0.3, -0.25) is 0 Å². The first-order valence-electron chi connectivity index (χ1n) is 4.09. The van der Waals surface area contributed by atoms with Crippen LogP contribution in [0.5, 0.6) is 0 Å². The zero-order chi connectivity index (χ0) is 11.6. The van der Waals surface area contributed by atoms with Crippen molar-refractivity contribution >= 4 is 23.3 Å². The van der Waals surface area contributed by atoms with Gasteiger partial charge in [0.05, 0.1) is 17.7 Å². The molecule has 5 nitrogen and oxygen atoms in total. The Labute approximate surface area is 91.4 Å². The van der Waals surface area contributed by atoms with E-state index in [-0.39, 0.29) is 16.3 Å². The summed E-state index contributed by atoms with van der Waals surface area (Å²) in [6.07, 6.45) is 0. The maximum Gasteiger partial charge on any atom is 0.338 e. The monoisotopic (exact) mass is 231 g/mol. The summed E-state index contributed by atoms with van der Waals surface area (Å²) in [6, 6.07) is 2.54. The highest BCUT2D eigenvalue weighted by Crippen LogP contribution is 2.23. The van der Waals surface area contributed by atoms with Crippen molar-refractivity contribution in [3.8, 4) is 0 Å². The van der Waals surface area contributed by atoms with E-state index in [1.54, 1.807) is 6.92 Å². The van der Waals surface area contributed by atoms with E-state index in [1.165, 1.54) is 19.2 Å². The van der Waals surface area contributed by atoms with Gasteiger partial charge >= 0.3 is 5.97 Å². The molecular formula is C9H10ClNO4. The summed E-state index contributed by atoms with van der Waals surface area (Å²) in [5.41, 5.74) is 0.641. The van der Waals surface area contributed by atoms with E-state index in [0.717, 1.165) is 0 Å². The first-order chi connectivity index (χ1) is 6.97. The van der Waals surface area contributed by atoms with E-state index >= 15 is 0 Å². The van der Waals surface area contributed by atoms with Crippen molar-refractivity contribution < 1.29 is 20.0 Å². The van der Waals surface area contributed by atoms with Crippen molar-refractivity contribution in [2.75, 3.05) is 7.11 Å². The Morgan fingerprint density at radius 3 is 2.67 bits per heavy atom. The molecule has 6 heteroatoms. The molecule has 0 saturated carbocycles. The Morgan fingerprint density at radius 1 is 1.60 bits per heavy atom. The van der Waals surface area contributed by atoms with E-state index in [1.807, 2.05) is 0 Å². The lowest BCUT2D eigenvalue weighted by Crippen LogP contribution is -2.99. The predicted octanol–water partition coefficient (Wildman–Crippen LogP) is 0.838. The van der Waals surface area contributed by atoms with Gasteiger partial charge < -0.3 is 9.94 Å². The Balaban J connectivity index is 3.31. The summed E-state index contributed by atoms with van der Waals surface area (Å²) in [5, 5.41) is 18.6. The van der Waals surface area contributed by atoms with Crippen LogP contribution in [0.25, 0.3) is 0 Å². The number of carbonyl (C=O) groups is 1. The first-order valence-corrected chi connectivity index (χ1v) is 4.47. The standard InChI is InChI=1S/C9H10ClNO4/c1-5-7(9(12)15-2)3-6(11(13)14)4-8(5)10/h3-4,11,13H,1-2H3. The number of esters is 1. The maximum absolute atomic E-state index is 11.3. The average molecular weight is 232 g/mol. The molecule has 0 amide bonds. The molecule has 1 unspecified atom stereocenters. The number of methoxy groups -OCH3 is 1. The molecule has 0 aromatic heterocycles. The quantitative estimate of drug-likeness (QED) is 0.584. The van der Waals surface area contributed by atoms with Crippen molar-refractivity contribution in [1.82, 2.24) is 0 Å². The van der Waals surface area contributed by atoms with Crippen LogP contribution in [0.2, 0.25) is 5.02 Å². The van der Waals surface area contributed by atoms with Crippen LogP contribution in [-0.4, -0.2) is 18.3 Å². The lowest BCUT2D eigenvalue weighted by molar-refractivity contribution is -0.991. The largest absolute Gasteiger partial charge is 0.595 e. The molecule has 1 aromatic carbocycles. The summed E-state index contributed by atoms with van der Waals surface area (Å²) in [4.78, 5) is 11.3. The number of halogens is 1. The van der Waals surface area contributed by atoms with Gasteiger partial charge in [0, 0.05) is 12.1 Å². The van der Waals surface area contributed by atoms with Gasteiger partial charge in [-0.25, -0.2) is 10.0 Å². The molecule has 0 aliphatic rings. The summed E-state index contributed by atoms with van der Waals surface area (Å²) in [7, 11) is 1.23. The molecule has 1 rings (SSSR count). The number of benzene rings is 1. The van der Waals surface area contributed by atoms with Crippen LogP contribution < -0.4 is 5.23 Å². The van der Waals surface area contributed by atoms with Gasteiger partial charge in [-0.15, -0.1) is 0 Å². The number of quaternary nitrogens is 1. The number of hydrogen-bond donors (Lipinski definition) is 2. The molecule has 82 valence electrons. The number of nitrogens with one attached hydrogen (secondary N) is 1. The van der Waals surface area contributed by atoms with Gasteiger partial charge in [0.1, 0.15) is 0 Å². The average Bonchev–Trinajstić information content (AvgIpc) is 2.20. The van der Waals surface area contributed by atoms with E-state index in [4.69, 9.17) is 16.8 Å². The van der Waals surface area contributed by atoms with Gasteiger partial charge in [-0.05, 0) is 12.5 Å². The second kappa shape index (κ2) is 4.59. The fourth-order valence-electron chi connectivity index (χ4n) is 1.12. The topological polar surface area (TPSA) is 74.0 Å². The van der Waals surface area contributed by atoms with Crippen LogP contribution in [0.15, 0.2) is 12.1 Å². The molecule has 0 radical (unpaired) electrons. The van der Waals surface area contributed by atoms with Gasteiger partial charge in [0.2, 0.25) is 0 Å². The molecule has 0 spiro atoms. The molecule has 0 saturated heterocycles. The zero-order valence-electron chi connectivity index (χ0n) is 8.20. The minimum absolute atomic E-state index is 0.0361. The second-order valence-corrected chi connectivity index (χ2v) is 3.33. The van der Waals surface area contributed by atoms with Gasteiger partial charge in [0.25, 0.3) is 0 Å². The van der Waals surface area contributed by atoms with Crippen LogP contribution in [-0.2, 0) is 4.74 Å². The van der Waals surface area contributed by atoms with Crippen LogP contribution in [0, 0.1) is 12.1 Å². The lowest BCUT2D eigenvalue weighted by Gasteiger charge is -2.14. The van der Waals surface area contributed by atoms with Crippen molar-refractivity contribution in [2.45, 2.75) is 6.92 Å². The third-order valence-electron chi connectivity index (χ3n) is 2.00.